The minimum Gasteiger partial charge on any atom is -1.00 e. The van der Waals surface area contributed by atoms with E-state index in [1.807, 2.05) is 36.3 Å². The Balaban J connectivity index is -0.000000355. The predicted octanol–water partition coefficient (Wildman–Crippen LogP) is 9.46. The number of carbonyl (C=O) groups is 1. The second kappa shape index (κ2) is 54.8. The number of nitrogens with two attached hydrogens (primary N) is 2. The van der Waals surface area contributed by atoms with E-state index in [-0.39, 0.29) is 164 Å². The average Bonchev–Trinajstić information content (AvgIpc) is 1.64. The first-order valence-corrected chi connectivity index (χ1v) is 33.2. The van der Waals surface area contributed by atoms with Gasteiger partial charge < -0.3 is 106 Å². The summed E-state index contributed by atoms with van der Waals surface area (Å²) in [6.45, 7) is 26.5. The first-order chi connectivity index (χ1) is 44.6. The van der Waals surface area contributed by atoms with Gasteiger partial charge in [0.25, 0.3) is 5.78 Å². The fourth-order valence-electron chi connectivity index (χ4n) is 9.94. The average molecular weight is 1600 g/mol. The zero-order valence-corrected chi connectivity index (χ0v) is 70.5. The van der Waals surface area contributed by atoms with Crippen molar-refractivity contribution >= 4 is 86.5 Å². The molecule has 3 aliphatic carbocycles. The topological polar surface area (TPSA) is 160 Å². The predicted molar refractivity (Wildman–Crippen MR) is 382 cm³/mol. The standard InChI is InChI=1S/2C14H20N.C13H11ClF3NO.C13H19NO.C8H5ClF3NO.2C5H5.2C2H6O.2ClH.2Mg.2Zn.H/c2*1-12(14-8-4-3-5-9-14)13(2)15-10-6-7-11-15;14-9-3-4-11(18)10(7-9)12(19,13(15,16)17)6-5-8-1-2-8;1-11(14-9-5-6-10-14)13(15)12-7-3-2-4-8-12;9-4-1-2-6(13)5(3-4)7(14)8(10,11)12;2*1-2-5-3-4-5;2*1-2-3;;;;;;;/h2*3-5,8-9,12-13H,1,6-7,10-11H2,2H3;3-4,7-8,19H,1-2,18H2;2-4,7-8,11,13,15H,5-6,9-10H2,1H3;1-3H,13H2;2*5H,3-4H2;2*3H,2H2,1H3;2*1H;;;;;/q2*-1;;;;2*-1;;;;;2*+2;;+2;-1/p-2/t;;12-;;;;;;;;;;;;;/m..0............./s1. The summed E-state index contributed by atoms with van der Waals surface area (Å²) in [5, 5.41) is 35.4. The number of ketones is 1. The number of aliphatic hydroxyl groups is 4. The quantitative estimate of drug-likeness (QED) is 0.0188. The molecule has 3 heterocycles. The van der Waals surface area contributed by atoms with Crippen LogP contribution in [0.2, 0.25) is 10.0 Å². The summed E-state index contributed by atoms with van der Waals surface area (Å²) < 4.78 is 75.4. The van der Waals surface area contributed by atoms with Gasteiger partial charge in [-0.15, -0.1) is 11.8 Å². The van der Waals surface area contributed by atoms with Crippen molar-refractivity contribution < 1.29 is 117 Å². The Morgan fingerprint density at radius 1 is 0.580 bits per heavy atom. The monoisotopic (exact) mass is 1590 g/mol. The molecule has 8 N–H and O–H groups in total. The molecular weight excluding hydrogens is 1500 g/mol. The number of halogens is 10. The van der Waals surface area contributed by atoms with Crippen molar-refractivity contribution in [3.8, 4) is 23.7 Å². The van der Waals surface area contributed by atoms with Crippen LogP contribution < -0.4 is 36.3 Å². The van der Waals surface area contributed by atoms with Gasteiger partial charge in [0.1, 0.15) is 0 Å². The van der Waals surface area contributed by atoms with Gasteiger partial charge in [-0.25, -0.2) is 0 Å². The number of anilines is 2. The van der Waals surface area contributed by atoms with Crippen LogP contribution in [0.5, 0.6) is 0 Å². The summed E-state index contributed by atoms with van der Waals surface area (Å²) in [6, 6.07) is 39.5. The summed E-state index contributed by atoms with van der Waals surface area (Å²) in [4.78, 5) is 18.3. The van der Waals surface area contributed by atoms with Gasteiger partial charge in [0.2, 0.25) is 5.60 Å². The van der Waals surface area contributed by atoms with Gasteiger partial charge in [-0.2, -0.15) is 26.3 Å². The van der Waals surface area contributed by atoms with Crippen molar-refractivity contribution in [2.45, 2.75) is 166 Å². The maximum Gasteiger partial charge on any atom is 2.00 e. The van der Waals surface area contributed by atoms with Crippen LogP contribution >= 0.6 is 23.2 Å². The normalized spacial score (nSPS) is 17.2. The summed E-state index contributed by atoms with van der Waals surface area (Å²) in [7, 11) is 0. The van der Waals surface area contributed by atoms with Crippen LogP contribution in [0, 0.1) is 68.1 Å². The third-order valence-corrected chi connectivity index (χ3v) is 16.8. The van der Waals surface area contributed by atoms with Crippen molar-refractivity contribution in [3.05, 3.63) is 192 Å². The summed E-state index contributed by atoms with van der Waals surface area (Å²) in [5.41, 5.74) is 9.58. The van der Waals surface area contributed by atoms with Crippen LogP contribution in [-0.2, 0) is 44.6 Å². The van der Waals surface area contributed by atoms with E-state index < -0.39 is 34.9 Å². The molecule has 3 aliphatic heterocycles. The maximum atomic E-state index is 13.1. The molecule has 11 rings (SSSR count). The van der Waals surface area contributed by atoms with E-state index in [9.17, 15) is 41.4 Å². The number of hydrogen-bond donors (Lipinski definition) is 6. The Hall–Kier alpha value is -2.71. The molecule has 0 aromatic heterocycles. The van der Waals surface area contributed by atoms with E-state index in [4.69, 9.17) is 57.7 Å². The molecule has 100 heavy (non-hydrogen) atoms. The summed E-state index contributed by atoms with van der Waals surface area (Å²) in [5.74, 6) is 8.96. The number of nitrogens with zero attached hydrogens (tertiary/aromatic N) is 3. The van der Waals surface area contributed by atoms with Gasteiger partial charge in [0.05, 0.1) is 11.7 Å². The van der Waals surface area contributed by atoms with E-state index in [0.717, 1.165) is 49.7 Å². The molecule has 6 aliphatic rings. The second-order valence-electron chi connectivity index (χ2n) is 23.9. The molecule has 6 unspecified atom stereocenters. The molecule has 5 aromatic rings. The molecule has 5 aromatic carbocycles. The number of benzene rings is 5. The third-order valence-electron chi connectivity index (χ3n) is 16.3. The number of likely N-dealkylation sites (tertiary alicyclic amines) is 3. The molecular formula is C76H98Cl4F6Mg2N5O5Zn2-. The van der Waals surface area contributed by atoms with Gasteiger partial charge in [-0.1, -0.05) is 151 Å². The molecule has 7 atom stereocenters. The number of rotatable bonds is 11. The van der Waals surface area contributed by atoms with Crippen molar-refractivity contribution in [2.24, 2.45) is 17.8 Å². The summed E-state index contributed by atoms with van der Waals surface area (Å²) >= 11 is 11.1. The van der Waals surface area contributed by atoms with E-state index in [0.29, 0.717) is 35.8 Å². The van der Waals surface area contributed by atoms with Crippen LogP contribution in [0.15, 0.2) is 127 Å². The Labute approximate surface area is 674 Å². The van der Waals surface area contributed by atoms with E-state index in [2.05, 4.69) is 128 Å². The Kier molecular flexibility index (Phi) is 56.8. The number of alkyl halides is 6. The van der Waals surface area contributed by atoms with E-state index in [1.165, 1.54) is 120 Å². The molecule has 6 fully saturated rings. The van der Waals surface area contributed by atoms with E-state index in [1.54, 1.807) is 13.8 Å². The second-order valence-corrected chi connectivity index (χ2v) is 24.7. The molecule has 0 amide bonds. The number of carbonyl (C=O) groups excluding carboxylic acids is 1. The van der Waals surface area contributed by atoms with Crippen LogP contribution in [0.4, 0.5) is 37.7 Å². The van der Waals surface area contributed by atoms with Gasteiger partial charge >= 0.3 is 77.9 Å². The number of hydrogen-bond acceptors (Lipinski definition) is 10. The summed E-state index contributed by atoms with van der Waals surface area (Å²) in [6.07, 6.45) is 17.0. The first kappa shape index (κ1) is 104. The van der Waals surface area contributed by atoms with Crippen molar-refractivity contribution in [1.29, 1.82) is 0 Å². The van der Waals surface area contributed by atoms with Gasteiger partial charge in [-0.05, 0) is 203 Å². The maximum absolute atomic E-state index is 13.1. The number of nitrogen functional groups attached to an aromatic ring is 2. The largest absolute Gasteiger partial charge is 2.00 e. The van der Waals surface area contributed by atoms with Crippen molar-refractivity contribution in [2.75, 3.05) is 63.9 Å². The zero-order valence-electron chi connectivity index (χ0n) is 59.7. The number of aliphatic hydroxyl groups excluding tert-OH is 3. The molecule has 536 valence electrons. The minimum absolute atomic E-state index is 0. The molecule has 10 nitrogen and oxygen atoms in total. The Bertz CT molecular complexity index is 2940. The molecule has 3 saturated carbocycles. The molecule has 3 saturated heterocycles. The molecule has 0 spiro atoms. The van der Waals surface area contributed by atoms with Gasteiger partial charge in [-0.3, -0.25) is 9.69 Å². The molecule has 24 heteroatoms. The fraction of sp³-hybridized carbons (Fsp3) is 0.487. The van der Waals surface area contributed by atoms with Crippen molar-refractivity contribution in [1.82, 2.24) is 14.7 Å². The molecule has 0 radical (unpaired) electrons. The first-order valence-electron chi connectivity index (χ1n) is 32.4. The third kappa shape index (κ3) is 38.5. The minimum atomic E-state index is -4.95. The van der Waals surface area contributed by atoms with Crippen molar-refractivity contribution in [3.63, 3.8) is 0 Å². The SMILES string of the molecule is CC(C(O)c1ccccc1)N1CCCC1.CCO.CCO.Nc1ccc(Cl)cc1C(=O)C(F)(F)F.Nc1ccc(Cl)cc1[C@@](O)(C#CC1CC1)C(F)(F)F.[C-]#CC1CC1.[C-]#CC1CC1.[CH2-]C(c1ccccc1)C(C)N1CCCC1.[CH2-]C(c1ccccc1)C(C)N1CCCC1.[Cl-].[Cl-].[H-].[Mg+2].[Mg+2].[Zn+2].[Zn]. The Morgan fingerprint density at radius 3 is 1.19 bits per heavy atom. The van der Waals surface area contributed by atoms with Gasteiger partial charge in [0, 0.05) is 71.6 Å². The molecule has 0 bridgehead atoms. The van der Waals surface area contributed by atoms with E-state index >= 15 is 0 Å². The Morgan fingerprint density at radius 2 is 0.890 bits per heavy atom. The fourth-order valence-corrected chi connectivity index (χ4v) is 10.3. The smallest absolute Gasteiger partial charge is 1.00 e. The van der Waals surface area contributed by atoms with Crippen LogP contribution in [0.3, 0.4) is 0 Å². The zero-order chi connectivity index (χ0) is 70.0. The van der Waals surface area contributed by atoms with Crippen LogP contribution in [-0.4, -0.2) is 170 Å². The van der Waals surface area contributed by atoms with Crippen LogP contribution in [0.1, 0.15) is 164 Å². The number of Topliss-reactive ketones (excluding diaryl/α,β-unsaturated/α-hetero) is 1. The van der Waals surface area contributed by atoms with Gasteiger partial charge in [0.15, 0.2) is 0 Å². The van der Waals surface area contributed by atoms with Crippen LogP contribution in [0.25, 0.3) is 0 Å².